The Hall–Kier alpha value is -1.06. The second kappa shape index (κ2) is 25.6. The SMILES string of the molecule is CCCCCCCCCCCCC(CCCCCCC)OC(=O)CCCCCCCC(=O)O. The maximum atomic E-state index is 12.3. The van der Waals surface area contributed by atoms with E-state index in [1.165, 1.54) is 96.3 Å². The lowest BCUT2D eigenvalue weighted by Crippen LogP contribution is -2.18. The summed E-state index contributed by atoms with van der Waals surface area (Å²) in [5, 5.41) is 8.67. The van der Waals surface area contributed by atoms with Gasteiger partial charge >= 0.3 is 11.9 Å². The van der Waals surface area contributed by atoms with Gasteiger partial charge < -0.3 is 9.84 Å². The lowest BCUT2D eigenvalue weighted by atomic mass is 10.0. The number of unbranched alkanes of at least 4 members (excludes halogenated alkanes) is 17. The molecule has 0 heterocycles. The van der Waals surface area contributed by atoms with Crippen LogP contribution in [0.4, 0.5) is 0 Å². The van der Waals surface area contributed by atoms with Crippen molar-refractivity contribution in [3.8, 4) is 0 Å². The Balaban J connectivity index is 3.96. The van der Waals surface area contributed by atoms with Gasteiger partial charge in [0, 0.05) is 12.8 Å². The standard InChI is InChI=1S/C29H56O4/c1-3-5-7-9-10-11-12-13-16-20-24-27(23-19-15-8-6-4-2)33-29(32)26-22-18-14-17-21-25-28(30)31/h27H,3-26H2,1-2H3,(H,30,31). The number of carbonyl (C=O) groups excluding carboxylic acids is 1. The Morgan fingerprint density at radius 2 is 0.909 bits per heavy atom. The van der Waals surface area contributed by atoms with Crippen molar-refractivity contribution in [2.75, 3.05) is 0 Å². The van der Waals surface area contributed by atoms with E-state index in [1.54, 1.807) is 0 Å². The average molecular weight is 469 g/mol. The largest absolute Gasteiger partial charge is 0.481 e. The first kappa shape index (κ1) is 31.9. The predicted octanol–water partition coefficient (Wildman–Crippen LogP) is 9.39. The van der Waals surface area contributed by atoms with Crippen molar-refractivity contribution in [2.24, 2.45) is 0 Å². The minimum Gasteiger partial charge on any atom is -0.481 e. The Kier molecular flexibility index (Phi) is 24.7. The maximum Gasteiger partial charge on any atom is 0.306 e. The van der Waals surface area contributed by atoms with E-state index < -0.39 is 5.97 Å². The van der Waals surface area contributed by atoms with Crippen molar-refractivity contribution in [2.45, 2.75) is 174 Å². The van der Waals surface area contributed by atoms with Crippen LogP contribution in [-0.2, 0) is 14.3 Å². The molecule has 0 rings (SSSR count). The van der Waals surface area contributed by atoms with Gasteiger partial charge in [-0.15, -0.1) is 0 Å². The van der Waals surface area contributed by atoms with Crippen LogP contribution in [0, 0.1) is 0 Å². The Bertz CT molecular complexity index is 435. The summed E-state index contributed by atoms with van der Waals surface area (Å²) >= 11 is 0. The molecule has 0 spiro atoms. The molecule has 4 nitrogen and oxygen atoms in total. The molecule has 0 amide bonds. The van der Waals surface area contributed by atoms with Crippen LogP contribution in [0.3, 0.4) is 0 Å². The summed E-state index contributed by atoms with van der Waals surface area (Å²) in [6.45, 7) is 4.51. The highest BCUT2D eigenvalue weighted by molar-refractivity contribution is 5.69. The van der Waals surface area contributed by atoms with Gasteiger partial charge in [-0.1, -0.05) is 117 Å². The van der Waals surface area contributed by atoms with E-state index in [0.717, 1.165) is 44.9 Å². The fourth-order valence-electron chi connectivity index (χ4n) is 4.42. The van der Waals surface area contributed by atoms with Gasteiger partial charge in [-0.05, 0) is 38.5 Å². The molecule has 196 valence electrons. The third kappa shape index (κ3) is 25.4. The second-order valence-electron chi connectivity index (χ2n) is 9.95. The highest BCUT2D eigenvalue weighted by atomic mass is 16.5. The molecule has 0 aliphatic rings. The van der Waals surface area contributed by atoms with Gasteiger partial charge in [0.15, 0.2) is 0 Å². The van der Waals surface area contributed by atoms with Crippen LogP contribution in [0.15, 0.2) is 0 Å². The summed E-state index contributed by atoms with van der Waals surface area (Å²) in [5.41, 5.74) is 0. The number of carboxylic acid groups (broad SMARTS) is 1. The molecule has 4 heteroatoms. The van der Waals surface area contributed by atoms with Gasteiger partial charge in [-0.25, -0.2) is 0 Å². The fourth-order valence-corrected chi connectivity index (χ4v) is 4.42. The zero-order valence-electron chi connectivity index (χ0n) is 22.2. The molecule has 0 radical (unpaired) electrons. The van der Waals surface area contributed by atoms with Crippen LogP contribution < -0.4 is 0 Å². The van der Waals surface area contributed by atoms with Crippen LogP contribution in [0.25, 0.3) is 0 Å². The molecule has 1 atom stereocenters. The third-order valence-corrected chi connectivity index (χ3v) is 6.58. The van der Waals surface area contributed by atoms with E-state index in [0.29, 0.717) is 6.42 Å². The van der Waals surface area contributed by atoms with Gasteiger partial charge in [0.2, 0.25) is 0 Å². The van der Waals surface area contributed by atoms with Crippen LogP contribution in [0.1, 0.15) is 168 Å². The van der Waals surface area contributed by atoms with Crippen molar-refractivity contribution < 1.29 is 19.4 Å². The number of ether oxygens (including phenoxy) is 1. The maximum absolute atomic E-state index is 12.3. The molecule has 0 aromatic rings. The molecule has 0 aliphatic heterocycles. The number of rotatable bonds is 26. The van der Waals surface area contributed by atoms with Crippen molar-refractivity contribution in [3.05, 3.63) is 0 Å². The summed E-state index contributed by atoms with van der Waals surface area (Å²) in [4.78, 5) is 22.9. The Labute approximate surface area is 205 Å². The van der Waals surface area contributed by atoms with Crippen molar-refractivity contribution in [1.82, 2.24) is 0 Å². The highest BCUT2D eigenvalue weighted by Gasteiger charge is 2.14. The van der Waals surface area contributed by atoms with E-state index in [2.05, 4.69) is 13.8 Å². The second-order valence-corrected chi connectivity index (χ2v) is 9.95. The molecule has 1 N–H and O–H groups in total. The van der Waals surface area contributed by atoms with Gasteiger partial charge in [0.25, 0.3) is 0 Å². The van der Waals surface area contributed by atoms with Crippen LogP contribution in [-0.4, -0.2) is 23.1 Å². The summed E-state index contributed by atoms with van der Waals surface area (Å²) in [6.07, 6.45) is 27.0. The van der Waals surface area contributed by atoms with E-state index in [1.807, 2.05) is 0 Å². The molecule has 1 unspecified atom stereocenters. The third-order valence-electron chi connectivity index (χ3n) is 6.58. The molecule has 0 aromatic heterocycles. The first-order chi connectivity index (χ1) is 16.1. The van der Waals surface area contributed by atoms with Crippen molar-refractivity contribution in [3.63, 3.8) is 0 Å². The first-order valence-electron chi connectivity index (χ1n) is 14.5. The predicted molar refractivity (Wildman–Crippen MR) is 140 cm³/mol. The van der Waals surface area contributed by atoms with Gasteiger partial charge in [-0.2, -0.15) is 0 Å². The number of aliphatic carboxylic acids is 1. The topological polar surface area (TPSA) is 63.6 Å². The zero-order valence-corrected chi connectivity index (χ0v) is 22.2. The Morgan fingerprint density at radius 1 is 0.545 bits per heavy atom. The first-order valence-corrected chi connectivity index (χ1v) is 14.5. The summed E-state index contributed by atoms with van der Waals surface area (Å²) in [5.74, 6) is -0.757. The lowest BCUT2D eigenvalue weighted by Gasteiger charge is -2.18. The molecule has 0 aromatic carbocycles. The van der Waals surface area contributed by atoms with E-state index in [4.69, 9.17) is 9.84 Å². The molecule has 0 fully saturated rings. The van der Waals surface area contributed by atoms with E-state index >= 15 is 0 Å². The zero-order chi connectivity index (χ0) is 24.4. The van der Waals surface area contributed by atoms with Crippen molar-refractivity contribution in [1.29, 1.82) is 0 Å². The van der Waals surface area contributed by atoms with Gasteiger partial charge in [-0.3, -0.25) is 9.59 Å². The minimum atomic E-state index is -0.721. The molecule has 0 saturated carbocycles. The van der Waals surface area contributed by atoms with Crippen LogP contribution in [0.5, 0.6) is 0 Å². The number of carbonyl (C=O) groups is 2. The summed E-state index contributed by atoms with van der Waals surface area (Å²) in [7, 11) is 0. The smallest absolute Gasteiger partial charge is 0.306 e. The molecule has 0 bridgehead atoms. The highest BCUT2D eigenvalue weighted by Crippen LogP contribution is 2.18. The molecular weight excluding hydrogens is 412 g/mol. The molecule has 0 aliphatic carbocycles. The minimum absolute atomic E-state index is 0.0360. The average Bonchev–Trinajstić information content (AvgIpc) is 2.79. The van der Waals surface area contributed by atoms with Crippen LogP contribution >= 0.6 is 0 Å². The molecule has 0 saturated heterocycles. The fraction of sp³-hybridized carbons (Fsp3) is 0.931. The van der Waals surface area contributed by atoms with E-state index in [9.17, 15) is 9.59 Å². The quantitative estimate of drug-likeness (QED) is 0.101. The lowest BCUT2D eigenvalue weighted by molar-refractivity contribution is -0.150. The summed E-state index contributed by atoms with van der Waals surface area (Å²) in [6, 6.07) is 0. The van der Waals surface area contributed by atoms with Crippen molar-refractivity contribution >= 4 is 11.9 Å². The monoisotopic (exact) mass is 468 g/mol. The summed E-state index contributed by atoms with van der Waals surface area (Å²) < 4.78 is 5.88. The molecule has 33 heavy (non-hydrogen) atoms. The van der Waals surface area contributed by atoms with Gasteiger partial charge in [0.05, 0.1) is 0 Å². The number of hydrogen-bond acceptors (Lipinski definition) is 3. The number of esters is 1. The number of carboxylic acids is 1. The number of hydrogen-bond donors (Lipinski definition) is 1. The van der Waals surface area contributed by atoms with Gasteiger partial charge in [0.1, 0.15) is 6.10 Å². The van der Waals surface area contributed by atoms with Crippen LogP contribution in [0.2, 0.25) is 0 Å². The van der Waals surface area contributed by atoms with E-state index in [-0.39, 0.29) is 18.5 Å². The normalized spacial score (nSPS) is 12.1. The molecular formula is C29H56O4. The Morgan fingerprint density at radius 3 is 1.33 bits per heavy atom.